The van der Waals surface area contributed by atoms with Crippen LogP contribution in [0.25, 0.3) is 99.2 Å². The van der Waals surface area contributed by atoms with Crippen LogP contribution in [0.2, 0.25) is 0 Å². The molecule has 232 valence electrons. The van der Waals surface area contributed by atoms with Crippen molar-refractivity contribution in [2.75, 3.05) is 0 Å². The van der Waals surface area contributed by atoms with Gasteiger partial charge < -0.3 is 0 Å². The summed E-state index contributed by atoms with van der Waals surface area (Å²) >= 11 is 0. The Morgan fingerprint density at radius 3 is 1.44 bits per heavy atom. The molecular formula is C47H29N3. The van der Waals surface area contributed by atoms with Crippen LogP contribution in [0.4, 0.5) is 0 Å². The van der Waals surface area contributed by atoms with E-state index in [0.717, 1.165) is 71.7 Å². The van der Waals surface area contributed by atoms with Crippen molar-refractivity contribution in [1.29, 1.82) is 0 Å². The fourth-order valence-corrected chi connectivity index (χ4v) is 7.40. The lowest BCUT2D eigenvalue weighted by atomic mass is 9.94. The maximum absolute atomic E-state index is 5.29. The van der Waals surface area contributed by atoms with E-state index in [2.05, 4.69) is 176 Å². The third-order valence-electron chi connectivity index (χ3n) is 9.81. The number of fused-ring (bicyclic) bond motifs is 6. The fourth-order valence-electron chi connectivity index (χ4n) is 7.40. The second kappa shape index (κ2) is 11.5. The number of rotatable bonds is 4. The molecule has 0 unspecified atom stereocenters. The molecule has 0 amide bonds. The summed E-state index contributed by atoms with van der Waals surface area (Å²) in [5.41, 5.74) is 12.5. The van der Waals surface area contributed by atoms with Gasteiger partial charge in [-0.05, 0) is 63.9 Å². The van der Waals surface area contributed by atoms with Gasteiger partial charge in [-0.25, -0.2) is 15.0 Å². The first kappa shape index (κ1) is 28.3. The molecule has 0 aliphatic carbocycles. The van der Waals surface area contributed by atoms with Crippen LogP contribution >= 0.6 is 0 Å². The molecule has 7 aromatic carbocycles. The lowest BCUT2D eigenvalue weighted by molar-refractivity contribution is 1.36. The number of pyridine rings is 3. The molecule has 10 aromatic rings. The van der Waals surface area contributed by atoms with Gasteiger partial charge in [0.1, 0.15) is 0 Å². The van der Waals surface area contributed by atoms with E-state index in [9.17, 15) is 0 Å². The Balaban J connectivity index is 1.10. The summed E-state index contributed by atoms with van der Waals surface area (Å²) in [5.74, 6) is 0. The molecule has 3 heteroatoms. The minimum atomic E-state index is 0.900. The minimum Gasteiger partial charge on any atom is -0.248 e. The van der Waals surface area contributed by atoms with Gasteiger partial charge in [-0.1, -0.05) is 140 Å². The second-order valence-corrected chi connectivity index (χ2v) is 12.8. The summed E-state index contributed by atoms with van der Waals surface area (Å²) in [6, 6.07) is 62.1. The van der Waals surface area contributed by atoms with Crippen molar-refractivity contribution in [3.05, 3.63) is 176 Å². The third-order valence-corrected chi connectivity index (χ3v) is 9.81. The van der Waals surface area contributed by atoms with Gasteiger partial charge in [0.25, 0.3) is 0 Å². The molecule has 0 aliphatic rings. The van der Waals surface area contributed by atoms with Crippen molar-refractivity contribution in [3.63, 3.8) is 0 Å². The smallest absolute Gasteiger partial charge is 0.0972 e. The summed E-state index contributed by atoms with van der Waals surface area (Å²) in [7, 11) is 0. The van der Waals surface area contributed by atoms with E-state index in [4.69, 9.17) is 15.0 Å². The van der Waals surface area contributed by atoms with Crippen LogP contribution < -0.4 is 0 Å². The van der Waals surface area contributed by atoms with Crippen molar-refractivity contribution in [2.24, 2.45) is 0 Å². The van der Waals surface area contributed by atoms with Crippen molar-refractivity contribution >= 4 is 54.4 Å². The van der Waals surface area contributed by atoms with Gasteiger partial charge in [0.15, 0.2) is 0 Å². The highest BCUT2D eigenvalue weighted by atomic mass is 14.8. The quantitative estimate of drug-likeness (QED) is 0.143. The van der Waals surface area contributed by atoms with Gasteiger partial charge in [0.2, 0.25) is 0 Å². The SMILES string of the molecule is c1cc(-c2ccc3ccc4ccc(-c5cccc(-c6c7ccccc7nc7ccccc67)c5)nc4c3n2)cc(-c2cccc3ccccc23)c1. The molecule has 3 aromatic heterocycles. The predicted octanol–water partition coefficient (Wildman–Crippen LogP) is 12.3. The van der Waals surface area contributed by atoms with Gasteiger partial charge in [0.05, 0.1) is 33.5 Å². The first-order chi connectivity index (χ1) is 24.8. The van der Waals surface area contributed by atoms with Crippen LogP contribution in [0, 0.1) is 0 Å². The molecule has 3 heterocycles. The minimum absolute atomic E-state index is 0.900. The van der Waals surface area contributed by atoms with Gasteiger partial charge in [0, 0.05) is 38.2 Å². The monoisotopic (exact) mass is 635 g/mol. The molecule has 0 fully saturated rings. The van der Waals surface area contributed by atoms with Crippen molar-refractivity contribution in [1.82, 2.24) is 15.0 Å². The van der Waals surface area contributed by atoms with E-state index < -0.39 is 0 Å². The molecule has 0 radical (unpaired) electrons. The first-order valence-electron chi connectivity index (χ1n) is 16.9. The topological polar surface area (TPSA) is 38.7 Å². The summed E-state index contributed by atoms with van der Waals surface area (Å²) in [6.45, 7) is 0. The maximum atomic E-state index is 5.29. The molecule has 10 rings (SSSR count). The van der Waals surface area contributed by atoms with Crippen LogP contribution in [0.3, 0.4) is 0 Å². The Labute approximate surface area is 289 Å². The molecule has 50 heavy (non-hydrogen) atoms. The van der Waals surface area contributed by atoms with Gasteiger partial charge in [-0.2, -0.15) is 0 Å². The van der Waals surface area contributed by atoms with E-state index in [1.165, 1.54) is 27.5 Å². The first-order valence-corrected chi connectivity index (χ1v) is 16.9. The maximum Gasteiger partial charge on any atom is 0.0972 e. The van der Waals surface area contributed by atoms with Crippen molar-refractivity contribution < 1.29 is 0 Å². The van der Waals surface area contributed by atoms with Gasteiger partial charge in [-0.3, -0.25) is 0 Å². The lowest BCUT2D eigenvalue weighted by Crippen LogP contribution is -1.92. The number of hydrogen-bond donors (Lipinski definition) is 0. The van der Waals surface area contributed by atoms with Crippen LogP contribution in [-0.2, 0) is 0 Å². The molecule has 0 saturated carbocycles. The van der Waals surface area contributed by atoms with E-state index >= 15 is 0 Å². The molecule has 0 N–H and O–H groups in total. The average Bonchev–Trinajstić information content (AvgIpc) is 3.19. The zero-order chi connectivity index (χ0) is 33.0. The molecule has 0 saturated heterocycles. The number of benzene rings is 7. The summed E-state index contributed by atoms with van der Waals surface area (Å²) in [6.07, 6.45) is 0. The van der Waals surface area contributed by atoms with Crippen LogP contribution in [0.1, 0.15) is 0 Å². The van der Waals surface area contributed by atoms with Crippen LogP contribution in [-0.4, -0.2) is 15.0 Å². The standard InChI is InChI=1S/C47H29N3/c1-2-16-37-30(10-1)11-9-19-38(37)33-12-7-13-34(28-33)41-26-24-31-22-23-32-25-27-42(50-47(32)46(31)49-41)35-14-8-15-36(29-35)45-39-17-3-5-20-43(39)48-44-21-6-4-18-40(44)45/h1-29H. The van der Waals surface area contributed by atoms with E-state index in [1.54, 1.807) is 0 Å². The normalized spacial score (nSPS) is 11.6. The number of nitrogens with zero attached hydrogens (tertiary/aromatic N) is 3. The Bertz CT molecular complexity index is 2880. The number of aromatic nitrogens is 3. The van der Waals surface area contributed by atoms with Gasteiger partial charge >= 0.3 is 0 Å². The average molecular weight is 636 g/mol. The van der Waals surface area contributed by atoms with Crippen LogP contribution in [0.5, 0.6) is 0 Å². The summed E-state index contributed by atoms with van der Waals surface area (Å²) in [4.78, 5) is 15.5. The molecule has 0 aliphatic heterocycles. The molecule has 0 spiro atoms. The second-order valence-electron chi connectivity index (χ2n) is 12.8. The highest BCUT2D eigenvalue weighted by Crippen LogP contribution is 2.37. The third kappa shape index (κ3) is 4.71. The summed E-state index contributed by atoms with van der Waals surface area (Å²) < 4.78 is 0. The van der Waals surface area contributed by atoms with E-state index in [-0.39, 0.29) is 0 Å². The zero-order valence-electron chi connectivity index (χ0n) is 27.1. The fraction of sp³-hybridized carbons (Fsp3) is 0. The Morgan fingerprint density at radius 2 is 0.780 bits per heavy atom. The Kier molecular flexibility index (Phi) is 6.49. The highest BCUT2D eigenvalue weighted by molar-refractivity contribution is 6.10. The van der Waals surface area contributed by atoms with Gasteiger partial charge in [-0.15, -0.1) is 0 Å². The molecular weight excluding hydrogens is 607 g/mol. The molecule has 0 bridgehead atoms. The van der Waals surface area contributed by atoms with Crippen molar-refractivity contribution in [3.8, 4) is 44.8 Å². The summed E-state index contributed by atoms with van der Waals surface area (Å²) in [5, 5.41) is 6.90. The van der Waals surface area contributed by atoms with Crippen LogP contribution in [0.15, 0.2) is 176 Å². The van der Waals surface area contributed by atoms with E-state index in [1.807, 2.05) is 0 Å². The molecule has 3 nitrogen and oxygen atoms in total. The largest absolute Gasteiger partial charge is 0.248 e. The van der Waals surface area contributed by atoms with Crippen molar-refractivity contribution in [2.45, 2.75) is 0 Å². The van der Waals surface area contributed by atoms with E-state index in [0.29, 0.717) is 0 Å². The Morgan fingerprint density at radius 1 is 0.300 bits per heavy atom. The lowest BCUT2D eigenvalue weighted by Gasteiger charge is -2.13. The molecule has 0 atom stereocenters. The zero-order valence-corrected chi connectivity index (χ0v) is 27.1. The number of para-hydroxylation sites is 2. The Hall–Kier alpha value is -6.71. The predicted molar refractivity (Wildman–Crippen MR) is 209 cm³/mol. The number of hydrogen-bond acceptors (Lipinski definition) is 3. The highest BCUT2D eigenvalue weighted by Gasteiger charge is 2.14.